The Hall–Kier alpha value is -3.52. The van der Waals surface area contributed by atoms with Gasteiger partial charge >= 0.3 is 0 Å². The number of methoxy groups -OCH3 is 2. The van der Waals surface area contributed by atoms with Crippen LogP contribution in [0.15, 0.2) is 54.6 Å². The van der Waals surface area contributed by atoms with Crippen LogP contribution in [0.4, 0.5) is 11.4 Å². The van der Waals surface area contributed by atoms with Gasteiger partial charge in [0.15, 0.2) is 11.5 Å². The molecule has 0 saturated carbocycles. The van der Waals surface area contributed by atoms with E-state index in [1.165, 1.54) is 30.7 Å². The van der Waals surface area contributed by atoms with E-state index >= 15 is 0 Å². The molecule has 3 rings (SSSR count). The minimum absolute atomic E-state index is 0.0536. The summed E-state index contributed by atoms with van der Waals surface area (Å²) < 4.78 is 37.8. The highest BCUT2D eigenvalue weighted by atomic mass is 32.2. The molecule has 1 amide bonds. The average molecular weight is 483 g/mol. The first kappa shape index (κ1) is 25.1. The highest BCUT2D eigenvalue weighted by molar-refractivity contribution is 7.92. The Kier molecular flexibility index (Phi) is 7.51. The van der Waals surface area contributed by atoms with Crippen LogP contribution in [0.5, 0.6) is 11.5 Å². The maximum atomic E-state index is 13.5. The number of benzene rings is 3. The number of hydrogen-bond donors (Lipinski definition) is 1. The van der Waals surface area contributed by atoms with E-state index in [0.29, 0.717) is 17.2 Å². The maximum Gasteiger partial charge on any atom is 0.257 e. The number of carbonyl (C=O) groups is 1. The summed E-state index contributed by atoms with van der Waals surface area (Å²) >= 11 is 0. The van der Waals surface area contributed by atoms with Crippen LogP contribution >= 0.6 is 0 Å². The summed E-state index contributed by atoms with van der Waals surface area (Å²) in [4.78, 5) is 13.5. The van der Waals surface area contributed by atoms with Crippen LogP contribution < -0.4 is 19.1 Å². The normalized spacial score (nSPS) is 11.1. The van der Waals surface area contributed by atoms with Crippen molar-refractivity contribution in [2.75, 3.05) is 30.1 Å². The van der Waals surface area contributed by atoms with Crippen LogP contribution in [0.1, 0.15) is 32.6 Å². The Bertz CT molecular complexity index is 1280. The number of carbonyl (C=O) groups excluding carboxylic acids is 1. The Morgan fingerprint density at radius 3 is 2.00 bits per heavy atom. The predicted octanol–water partition coefficient (Wildman–Crippen LogP) is 4.85. The Balaban J connectivity index is 2.17. The Labute approximate surface area is 201 Å². The molecule has 0 aliphatic rings. The first-order valence-electron chi connectivity index (χ1n) is 10.7. The second-order valence-corrected chi connectivity index (χ2v) is 10.1. The van der Waals surface area contributed by atoms with E-state index in [2.05, 4.69) is 5.32 Å². The average Bonchev–Trinajstić information content (AvgIpc) is 2.78. The summed E-state index contributed by atoms with van der Waals surface area (Å²) in [5.41, 5.74) is 4.73. The van der Waals surface area contributed by atoms with Crippen molar-refractivity contribution in [3.05, 3.63) is 82.4 Å². The lowest BCUT2D eigenvalue weighted by Crippen LogP contribution is -2.31. The summed E-state index contributed by atoms with van der Waals surface area (Å²) in [6, 6.07) is 16.2. The Morgan fingerprint density at radius 2 is 1.47 bits per heavy atom. The lowest BCUT2D eigenvalue weighted by atomic mass is 10.0. The first-order chi connectivity index (χ1) is 16.0. The van der Waals surface area contributed by atoms with E-state index in [9.17, 15) is 13.2 Å². The molecule has 34 heavy (non-hydrogen) atoms. The number of rotatable bonds is 8. The molecule has 0 aliphatic carbocycles. The molecule has 0 aromatic heterocycles. The van der Waals surface area contributed by atoms with E-state index in [1.54, 1.807) is 0 Å². The number of aryl methyl sites for hydroxylation is 3. The lowest BCUT2D eigenvalue weighted by Gasteiger charge is -2.26. The van der Waals surface area contributed by atoms with Crippen LogP contribution in [-0.2, 0) is 16.6 Å². The summed E-state index contributed by atoms with van der Waals surface area (Å²) in [6.07, 6.45) is 1.11. The molecule has 1 N–H and O–H groups in total. The number of amides is 1. The van der Waals surface area contributed by atoms with E-state index in [-0.39, 0.29) is 17.8 Å². The zero-order valence-electron chi connectivity index (χ0n) is 20.3. The fraction of sp³-hybridized carbons (Fsp3) is 0.269. The van der Waals surface area contributed by atoms with Crippen LogP contribution in [0.2, 0.25) is 0 Å². The number of anilines is 2. The number of hydrogen-bond acceptors (Lipinski definition) is 5. The molecule has 3 aromatic carbocycles. The van der Waals surface area contributed by atoms with E-state index < -0.39 is 15.9 Å². The minimum atomic E-state index is -3.75. The van der Waals surface area contributed by atoms with Gasteiger partial charge in [0.05, 0.1) is 38.3 Å². The predicted molar refractivity (Wildman–Crippen MR) is 136 cm³/mol. The smallest absolute Gasteiger partial charge is 0.257 e. The molecule has 3 aromatic rings. The van der Waals surface area contributed by atoms with Gasteiger partial charge in [-0.2, -0.15) is 0 Å². The number of nitrogens with one attached hydrogen (secondary N) is 1. The molecule has 0 aliphatic heterocycles. The molecule has 7 nitrogen and oxygen atoms in total. The minimum Gasteiger partial charge on any atom is -0.493 e. The zero-order valence-corrected chi connectivity index (χ0v) is 21.1. The van der Waals surface area contributed by atoms with Crippen LogP contribution in [-0.4, -0.2) is 34.8 Å². The molecule has 0 saturated heterocycles. The summed E-state index contributed by atoms with van der Waals surface area (Å²) in [5.74, 6) is 0.188. The third-order valence-electron chi connectivity index (χ3n) is 5.50. The van der Waals surface area contributed by atoms with E-state index in [4.69, 9.17) is 9.47 Å². The molecule has 0 spiro atoms. The van der Waals surface area contributed by atoms with Crippen molar-refractivity contribution < 1.29 is 22.7 Å². The van der Waals surface area contributed by atoms with Crippen molar-refractivity contribution in [3.63, 3.8) is 0 Å². The van der Waals surface area contributed by atoms with Crippen LogP contribution in [0.25, 0.3) is 0 Å². The summed E-state index contributed by atoms with van der Waals surface area (Å²) in [5, 5.41) is 2.96. The van der Waals surface area contributed by atoms with Gasteiger partial charge in [-0.25, -0.2) is 8.42 Å². The molecular weight excluding hydrogens is 452 g/mol. The standard InChI is InChI=1S/C26H30N2O5S/c1-17-12-18(2)25(19(3)13-17)27-26(29)21-14-23(32-4)24(33-5)15-22(21)28(34(6,30)31)16-20-10-8-7-9-11-20/h7-15H,16H2,1-6H3,(H,27,29). The fourth-order valence-electron chi connectivity index (χ4n) is 3.94. The fourth-order valence-corrected chi connectivity index (χ4v) is 4.84. The van der Waals surface area contributed by atoms with Gasteiger partial charge < -0.3 is 14.8 Å². The SMILES string of the molecule is COc1cc(C(=O)Nc2c(C)cc(C)cc2C)c(N(Cc2ccccc2)S(C)(=O)=O)cc1OC. The number of sulfonamides is 1. The quantitative estimate of drug-likeness (QED) is 0.496. The van der Waals surface area contributed by atoms with E-state index in [0.717, 1.165) is 28.5 Å². The number of nitrogens with zero attached hydrogens (tertiary/aromatic N) is 1. The largest absolute Gasteiger partial charge is 0.493 e. The van der Waals surface area contributed by atoms with Gasteiger partial charge in [-0.15, -0.1) is 0 Å². The van der Waals surface area contributed by atoms with Crippen molar-refractivity contribution in [2.24, 2.45) is 0 Å². The van der Waals surface area contributed by atoms with Gasteiger partial charge in [0.25, 0.3) is 5.91 Å². The molecule has 180 valence electrons. The topological polar surface area (TPSA) is 84.9 Å². The molecule has 0 radical (unpaired) electrons. The van der Waals surface area contributed by atoms with Crippen molar-refractivity contribution >= 4 is 27.3 Å². The molecule has 0 fully saturated rings. The van der Waals surface area contributed by atoms with Crippen LogP contribution in [0.3, 0.4) is 0 Å². The van der Waals surface area contributed by atoms with E-state index in [1.807, 2.05) is 63.2 Å². The summed E-state index contributed by atoms with van der Waals surface area (Å²) in [7, 11) is -0.830. The van der Waals surface area contributed by atoms with Crippen molar-refractivity contribution in [1.82, 2.24) is 0 Å². The van der Waals surface area contributed by atoms with Gasteiger partial charge in [-0.05, 0) is 43.5 Å². The van der Waals surface area contributed by atoms with Gasteiger partial charge in [0.1, 0.15) is 0 Å². The molecule has 0 heterocycles. The molecule has 0 bridgehead atoms. The number of ether oxygens (including phenoxy) is 2. The molecular formula is C26H30N2O5S. The van der Waals surface area contributed by atoms with Crippen LogP contribution in [0, 0.1) is 20.8 Å². The maximum absolute atomic E-state index is 13.5. The van der Waals surface area contributed by atoms with Gasteiger partial charge in [-0.3, -0.25) is 9.10 Å². The summed E-state index contributed by atoms with van der Waals surface area (Å²) in [6.45, 7) is 5.89. The highest BCUT2D eigenvalue weighted by Gasteiger charge is 2.27. The highest BCUT2D eigenvalue weighted by Crippen LogP contribution is 2.37. The van der Waals surface area contributed by atoms with Gasteiger partial charge in [0.2, 0.25) is 10.0 Å². The Morgan fingerprint density at radius 1 is 0.912 bits per heavy atom. The van der Waals surface area contributed by atoms with Gasteiger partial charge in [-0.1, -0.05) is 48.0 Å². The first-order valence-corrected chi connectivity index (χ1v) is 12.6. The molecule has 8 heteroatoms. The monoisotopic (exact) mass is 482 g/mol. The van der Waals surface area contributed by atoms with Gasteiger partial charge in [0, 0.05) is 11.8 Å². The van der Waals surface area contributed by atoms with Crippen molar-refractivity contribution in [3.8, 4) is 11.5 Å². The second-order valence-electron chi connectivity index (χ2n) is 8.21. The zero-order chi connectivity index (χ0) is 25.0. The van der Waals surface area contributed by atoms with Crippen molar-refractivity contribution in [1.29, 1.82) is 0 Å². The third kappa shape index (κ3) is 5.51. The lowest BCUT2D eigenvalue weighted by molar-refractivity contribution is 0.102. The second kappa shape index (κ2) is 10.2. The molecule has 0 unspecified atom stereocenters. The third-order valence-corrected chi connectivity index (χ3v) is 6.63. The van der Waals surface area contributed by atoms with Crippen molar-refractivity contribution in [2.45, 2.75) is 27.3 Å². The molecule has 0 atom stereocenters.